The Kier molecular flexibility index (Phi) is 6.68. The van der Waals surface area contributed by atoms with Crippen molar-refractivity contribution in [1.29, 1.82) is 0 Å². The first kappa shape index (κ1) is 11.7. The second-order valence-electron chi connectivity index (χ2n) is 2.26. The highest BCUT2D eigenvalue weighted by molar-refractivity contribution is 5.92. The molecular formula is C8H14N4O. The van der Waals surface area contributed by atoms with Crippen LogP contribution in [0, 0.1) is 0 Å². The predicted octanol–water partition coefficient (Wildman–Crippen LogP) is -0.894. The van der Waals surface area contributed by atoms with E-state index in [1.165, 1.54) is 6.08 Å². The lowest BCUT2D eigenvalue weighted by Gasteiger charge is -2.07. The molecule has 0 aromatic rings. The summed E-state index contributed by atoms with van der Waals surface area (Å²) in [4.78, 5) is 14.0. The van der Waals surface area contributed by atoms with Gasteiger partial charge in [-0.05, 0) is 18.9 Å². The molecule has 0 saturated carbocycles. The van der Waals surface area contributed by atoms with Crippen molar-refractivity contribution in [3.05, 3.63) is 18.7 Å². The maximum atomic E-state index is 10.7. The Bertz CT molecular complexity index is 230. The molecule has 13 heavy (non-hydrogen) atoms. The summed E-state index contributed by atoms with van der Waals surface area (Å²) in [5.41, 5.74) is 10.7. The van der Waals surface area contributed by atoms with E-state index in [4.69, 9.17) is 11.5 Å². The van der Waals surface area contributed by atoms with Crippen LogP contribution >= 0.6 is 0 Å². The predicted molar refractivity (Wildman–Crippen MR) is 52.0 cm³/mol. The average molecular weight is 182 g/mol. The van der Waals surface area contributed by atoms with Crippen LogP contribution in [0.4, 0.5) is 0 Å². The first-order chi connectivity index (χ1) is 6.20. The first-order valence-corrected chi connectivity index (χ1v) is 3.83. The summed E-state index contributed by atoms with van der Waals surface area (Å²) in [7, 11) is 0. The summed E-state index contributed by atoms with van der Waals surface area (Å²) < 4.78 is 0. The molecule has 5 heteroatoms. The van der Waals surface area contributed by atoms with E-state index < -0.39 is 5.91 Å². The standard InChI is InChI=1S/C8H14N4O/c1-2-11-8(13)5-3-4-7(10)12-6-9/h3,5,7,12H,1,4,6,9-10H2/b5-3+. The number of aliphatic imine (C=N–C) groups is 1. The number of amides is 1. The molecule has 0 aliphatic rings. The van der Waals surface area contributed by atoms with Gasteiger partial charge in [0.25, 0.3) is 5.91 Å². The minimum absolute atomic E-state index is 0.234. The molecule has 1 atom stereocenters. The van der Waals surface area contributed by atoms with Crippen molar-refractivity contribution in [3.8, 4) is 0 Å². The maximum absolute atomic E-state index is 10.7. The molecule has 0 aliphatic heterocycles. The highest BCUT2D eigenvalue weighted by Gasteiger charge is 1.95. The smallest absolute Gasteiger partial charge is 0.277 e. The lowest BCUT2D eigenvalue weighted by molar-refractivity contribution is -0.113. The Balaban J connectivity index is 3.73. The van der Waals surface area contributed by atoms with Gasteiger partial charge in [0.2, 0.25) is 0 Å². The van der Waals surface area contributed by atoms with Gasteiger partial charge in [-0.25, -0.2) is 0 Å². The van der Waals surface area contributed by atoms with Crippen LogP contribution in [0.1, 0.15) is 6.42 Å². The summed E-state index contributed by atoms with van der Waals surface area (Å²) in [6, 6.07) is 0. The molecular weight excluding hydrogens is 168 g/mol. The second-order valence-corrected chi connectivity index (χ2v) is 2.26. The summed E-state index contributed by atoms with van der Waals surface area (Å²) in [6.45, 7) is 3.49. The van der Waals surface area contributed by atoms with E-state index in [9.17, 15) is 4.79 Å². The average Bonchev–Trinajstić information content (AvgIpc) is 2.05. The lowest BCUT2D eigenvalue weighted by Crippen LogP contribution is -2.40. The van der Waals surface area contributed by atoms with Crippen LogP contribution in [0.5, 0.6) is 0 Å². The van der Waals surface area contributed by atoms with Gasteiger partial charge in [0.15, 0.2) is 0 Å². The third-order valence-electron chi connectivity index (χ3n) is 1.22. The number of nitrogens with two attached hydrogens (primary N) is 2. The maximum Gasteiger partial charge on any atom is 0.277 e. The zero-order valence-corrected chi connectivity index (χ0v) is 7.36. The number of hydrogen-bond donors (Lipinski definition) is 3. The molecule has 72 valence electrons. The Labute approximate surface area is 77.2 Å². The zero-order valence-electron chi connectivity index (χ0n) is 7.36. The second kappa shape index (κ2) is 7.39. The molecule has 1 unspecified atom stereocenters. The summed E-state index contributed by atoms with van der Waals surface area (Å²) in [5, 5.41) is 2.79. The minimum Gasteiger partial charge on any atom is -0.318 e. The molecule has 0 rings (SSSR count). The van der Waals surface area contributed by atoms with E-state index in [0.29, 0.717) is 13.1 Å². The van der Waals surface area contributed by atoms with E-state index in [0.717, 1.165) is 0 Å². The third kappa shape index (κ3) is 7.11. The molecule has 5 nitrogen and oxygen atoms in total. The molecule has 0 aromatic carbocycles. The van der Waals surface area contributed by atoms with E-state index >= 15 is 0 Å². The van der Waals surface area contributed by atoms with Crippen molar-refractivity contribution in [2.75, 3.05) is 6.67 Å². The Morgan fingerprint density at radius 2 is 2.46 bits per heavy atom. The monoisotopic (exact) mass is 182 g/mol. The van der Waals surface area contributed by atoms with Crippen LogP contribution in [0.3, 0.4) is 0 Å². The number of carbonyl (C=O) groups excluding carboxylic acids is 1. The van der Waals surface area contributed by atoms with E-state index in [2.05, 4.69) is 22.8 Å². The summed E-state index contributed by atoms with van der Waals surface area (Å²) in [6.07, 6.45) is 3.23. The molecule has 1 amide bonds. The number of hydrogen-bond acceptors (Lipinski definition) is 4. The molecule has 0 fully saturated rings. The Morgan fingerprint density at radius 1 is 1.77 bits per heavy atom. The molecule has 0 heterocycles. The van der Waals surface area contributed by atoms with Crippen molar-refractivity contribution in [2.24, 2.45) is 16.5 Å². The van der Waals surface area contributed by atoms with Crippen LogP contribution in [-0.4, -0.2) is 24.6 Å². The molecule has 0 aromatic heterocycles. The van der Waals surface area contributed by atoms with Crippen molar-refractivity contribution in [2.45, 2.75) is 12.6 Å². The van der Waals surface area contributed by atoms with E-state index in [-0.39, 0.29) is 6.17 Å². The minimum atomic E-state index is -0.394. The van der Waals surface area contributed by atoms with Gasteiger partial charge in [0, 0.05) is 12.7 Å². The van der Waals surface area contributed by atoms with Gasteiger partial charge < -0.3 is 11.5 Å². The molecule has 0 saturated heterocycles. The normalized spacial score (nSPS) is 12.5. The van der Waals surface area contributed by atoms with Crippen molar-refractivity contribution in [3.63, 3.8) is 0 Å². The van der Waals surface area contributed by atoms with Gasteiger partial charge in [-0.2, -0.15) is 4.99 Å². The SMILES string of the molecule is C=C=NC(=O)/C=C/CC(N)NCN. The van der Waals surface area contributed by atoms with Crippen LogP contribution in [0.25, 0.3) is 0 Å². The van der Waals surface area contributed by atoms with Crippen molar-refractivity contribution < 1.29 is 4.79 Å². The fraction of sp³-hybridized carbons (Fsp3) is 0.375. The van der Waals surface area contributed by atoms with Crippen LogP contribution in [-0.2, 0) is 4.79 Å². The molecule has 0 aliphatic carbocycles. The molecule has 0 bridgehead atoms. The van der Waals surface area contributed by atoms with Crippen molar-refractivity contribution >= 4 is 11.8 Å². The quantitative estimate of drug-likeness (QED) is 0.292. The van der Waals surface area contributed by atoms with Gasteiger partial charge in [-0.15, -0.1) is 0 Å². The van der Waals surface area contributed by atoms with Crippen molar-refractivity contribution in [1.82, 2.24) is 5.32 Å². The largest absolute Gasteiger partial charge is 0.318 e. The molecule has 0 spiro atoms. The topological polar surface area (TPSA) is 93.5 Å². The van der Waals surface area contributed by atoms with Gasteiger partial charge in [0.1, 0.15) is 0 Å². The Morgan fingerprint density at radius 3 is 3.00 bits per heavy atom. The van der Waals surface area contributed by atoms with Gasteiger partial charge >= 0.3 is 0 Å². The molecule has 0 radical (unpaired) electrons. The number of carbonyl (C=O) groups is 1. The fourth-order valence-corrected chi connectivity index (χ4v) is 0.665. The first-order valence-electron chi connectivity index (χ1n) is 3.83. The summed E-state index contributed by atoms with van der Waals surface area (Å²) in [5.74, 6) is 1.74. The van der Waals surface area contributed by atoms with Crippen LogP contribution in [0.15, 0.2) is 23.7 Å². The Hall–Kier alpha value is -1.26. The van der Waals surface area contributed by atoms with Gasteiger partial charge in [-0.1, -0.05) is 6.08 Å². The lowest BCUT2D eigenvalue weighted by atomic mass is 10.3. The zero-order chi connectivity index (χ0) is 10.1. The number of nitrogens with zero attached hydrogens (tertiary/aromatic N) is 1. The van der Waals surface area contributed by atoms with Crippen LogP contribution < -0.4 is 16.8 Å². The van der Waals surface area contributed by atoms with Crippen LogP contribution in [0.2, 0.25) is 0 Å². The number of nitrogens with one attached hydrogen (secondary N) is 1. The molecule has 5 N–H and O–H groups in total. The summed E-state index contributed by atoms with van der Waals surface area (Å²) >= 11 is 0. The van der Waals surface area contributed by atoms with E-state index in [1.807, 2.05) is 0 Å². The van der Waals surface area contributed by atoms with Gasteiger partial charge in [0.05, 0.1) is 6.17 Å². The fourth-order valence-electron chi connectivity index (χ4n) is 0.665. The highest BCUT2D eigenvalue weighted by Crippen LogP contribution is 1.87. The van der Waals surface area contributed by atoms with Gasteiger partial charge in [-0.3, -0.25) is 10.1 Å². The highest BCUT2D eigenvalue weighted by atomic mass is 16.1. The third-order valence-corrected chi connectivity index (χ3v) is 1.22. The van der Waals surface area contributed by atoms with E-state index in [1.54, 1.807) is 6.08 Å². The number of rotatable bonds is 5.